The number of rotatable bonds is 2. The molecule has 2 aliphatic rings. The maximum atomic E-state index is 11.5. The lowest BCUT2D eigenvalue weighted by Gasteiger charge is -2.50. The summed E-state index contributed by atoms with van der Waals surface area (Å²) in [6, 6.07) is 5.56. The number of carbonyl (C=O) groups is 1. The van der Waals surface area contributed by atoms with Gasteiger partial charge in [-0.2, -0.15) is 0 Å². The molecule has 2 saturated heterocycles. The van der Waals surface area contributed by atoms with E-state index < -0.39 is 0 Å². The second kappa shape index (κ2) is 4.54. The summed E-state index contributed by atoms with van der Waals surface area (Å²) in [5.74, 6) is 0. The van der Waals surface area contributed by atoms with E-state index in [0.717, 1.165) is 31.7 Å². The molecular weight excluding hydrogens is 285 g/mol. The van der Waals surface area contributed by atoms with Gasteiger partial charge in [0.1, 0.15) is 0 Å². The Morgan fingerprint density at radius 3 is 2.47 bits per heavy atom. The minimum absolute atomic E-state index is 0.00965. The Kier molecular flexibility index (Phi) is 3.12. The van der Waals surface area contributed by atoms with Gasteiger partial charge in [-0.25, -0.2) is 4.79 Å². The van der Waals surface area contributed by atoms with Crippen LogP contribution in [0.3, 0.4) is 0 Å². The van der Waals surface area contributed by atoms with Crippen molar-refractivity contribution in [3.8, 4) is 0 Å². The van der Waals surface area contributed by atoms with E-state index in [1.807, 2.05) is 25.2 Å². The highest BCUT2D eigenvalue weighted by Crippen LogP contribution is 2.33. The maximum absolute atomic E-state index is 11.5. The van der Waals surface area contributed by atoms with Crippen LogP contribution >= 0.6 is 23.2 Å². The second-order valence-electron chi connectivity index (χ2n) is 5.29. The standard InChI is InChI=1S/C13H15Cl2N3O/c1-17-12(19)16-6-13(17)7-18(8-13)5-9-10(14)3-2-4-11(9)15/h2-4H,5-8H2,1H3,(H,16,19). The van der Waals surface area contributed by atoms with E-state index in [1.54, 1.807) is 4.90 Å². The highest BCUT2D eigenvalue weighted by molar-refractivity contribution is 6.35. The Hall–Kier alpha value is -0.970. The summed E-state index contributed by atoms with van der Waals surface area (Å²) >= 11 is 12.3. The fourth-order valence-electron chi connectivity index (χ4n) is 2.82. The molecule has 2 fully saturated rings. The third-order valence-corrected chi connectivity index (χ3v) is 4.77. The van der Waals surface area contributed by atoms with E-state index in [2.05, 4.69) is 10.2 Å². The molecule has 0 atom stereocenters. The molecule has 0 aliphatic carbocycles. The second-order valence-corrected chi connectivity index (χ2v) is 6.10. The van der Waals surface area contributed by atoms with E-state index in [0.29, 0.717) is 10.0 Å². The first-order chi connectivity index (χ1) is 9.02. The lowest BCUT2D eigenvalue weighted by atomic mass is 9.89. The summed E-state index contributed by atoms with van der Waals surface area (Å²) in [6.45, 7) is 3.14. The average molecular weight is 300 g/mol. The Morgan fingerprint density at radius 1 is 1.32 bits per heavy atom. The van der Waals surface area contributed by atoms with Crippen molar-refractivity contribution >= 4 is 29.2 Å². The number of benzene rings is 1. The van der Waals surface area contributed by atoms with Crippen molar-refractivity contribution in [2.75, 3.05) is 26.7 Å². The molecule has 0 bridgehead atoms. The van der Waals surface area contributed by atoms with Crippen LogP contribution in [0.4, 0.5) is 4.79 Å². The number of hydrogen-bond donors (Lipinski definition) is 1. The van der Waals surface area contributed by atoms with Gasteiger partial charge in [0.15, 0.2) is 0 Å². The van der Waals surface area contributed by atoms with Crippen molar-refractivity contribution in [2.24, 2.45) is 0 Å². The van der Waals surface area contributed by atoms with Crippen LogP contribution in [0.25, 0.3) is 0 Å². The molecule has 2 amide bonds. The van der Waals surface area contributed by atoms with Crippen LogP contribution in [0.1, 0.15) is 5.56 Å². The Bertz CT molecular complexity index is 508. The van der Waals surface area contributed by atoms with Crippen molar-refractivity contribution in [1.29, 1.82) is 0 Å². The number of likely N-dealkylation sites (tertiary alicyclic amines) is 1. The predicted octanol–water partition coefficient (Wildman–Crippen LogP) is 2.20. The fourth-order valence-corrected chi connectivity index (χ4v) is 3.34. The number of hydrogen-bond acceptors (Lipinski definition) is 2. The zero-order chi connectivity index (χ0) is 13.6. The molecule has 1 spiro atoms. The summed E-state index contributed by atoms with van der Waals surface area (Å²) in [5, 5.41) is 4.27. The van der Waals surface area contributed by atoms with Gasteiger partial charge < -0.3 is 10.2 Å². The fraction of sp³-hybridized carbons (Fsp3) is 0.462. The Balaban J connectivity index is 1.68. The van der Waals surface area contributed by atoms with Crippen molar-refractivity contribution in [2.45, 2.75) is 12.1 Å². The van der Waals surface area contributed by atoms with E-state index in [1.165, 1.54) is 0 Å². The van der Waals surface area contributed by atoms with Crippen LogP contribution in [0.15, 0.2) is 18.2 Å². The van der Waals surface area contributed by atoms with Gasteiger partial charge in [0.25, 0.3) is 0 Å². The van der Waals surface area contributed by atoms with Crippen LogP contribution in [-0.2, 0) is 6.54 Å². The first-order valence-electron chi connectivity index (χ1n) is 6.19. The summed E-state index contributed by atoms with van der Waals surface area (Å²) in [4.78, 5) is 15.6. The van der Waals surface area contributed by atoms with Gasteiger partial charge in [-0.1, -0.05) is 29.3 Å². The van der Waals surface area contributed by atoms with E-state index >= 15 is 0 Å². The molecule has 0 radical (unpaired) electrons. The molecule has 0 unspecified atom stereocenters. The molecule has 2 heterocycles. The molecule has 1 aromatic carbocycles. The number of amides is 2. The summed E-state index contributed by atoms with van der Waals surface area (Å²) in [6.07, 6.45) is 0. The number of likely N-dealkylation sites (N-methyl/N-ethyl adjacent to an activating group) is 1. The van der Waals surface area contributed by atoms with Crippen LogP contribution < -0.4 is 5.32 Å². The zero-order valence-electron chi connectivity index (χ0n) is 10.6. The third-order valence-electron chi connectivity index (χ3n) is 4.06. The average Bonchev–Trinajstić information content (AvgIpc) is 2.61. The van der Waals surface area contributed by atoms with Crippen LogP contribution in [0.2, 0.25) is 10.0 Å². The molecule has 2 aliphatic heterocycles. The van der Waals surface area contributed by atoms with Gasteiger partial charge in [-0.15, -0.1) is 0 Å². The molecule has 3 rings (SSSR count). The zero-order valence-corrected chi connectivity index (χ0v) is 12.1. The largest absolute Gasteiger partial charge is 0.336 e. The Labute approximate surface area is 122 Å². The molecule has 4 nitrogen and oxygen atoms in total. The monoisotopic (exact) mass is 299 g/mol. The predicted molar refractivity (Wildman–Crippen MR) is 75.6 cm³/mol. The summed E-state index contributed by atoms with van der Waals surface area (Å²) in [5.41, 5.74) is 0.908. The molecular formula is C13H15Cl2N3O. The van der Waals surface area contributed by atoms with Crippen molar-refractivity contribution < 1.29 is 4.79 Å². The minimum Gasteiger partial charge on any atom is -0.336 e. The van der Waals surface area contributed by atoms with Gasteiger partial charge >= 0.3 is 6.03 Å². The smallest absolute Gasteiger partial charge is 0.317 e. The highest BCUT2D eigenvalue weighted by atomic mass is 35.5. The van der Waals surface area contributed by atoms with Crippen LogP contribution in [0, 0.1) is 0 Å². The normalized spacial score (nSPS) is 21.6. The van der Waals surface area contributed by atoms with Gasteiger partial charge in [-0.3, -0.25) is 4.90 Å². The SMILES string of the molecule is CN1C(=O)NCC12CN(Cc1c(Cl)cccc1Cl)C2. The molecule has 1 aromatic rings. The number of halogens is 2. The molecule has 102 valence electrons. The first kappa shape index (κ1) is 13.0. The van der Waals surface area contributed by atoms with E-state index in [9.17, 15) is 4.79 Å². The molecule has 0 saturated carbocycles. The number of urea groups is 1. The maximum Gasteiger partial charge on any atom is 0.317 e. The van der Waals surface area contributed by atoms with Crippen LogP contribution in [-0.4, -0.2) is 48.1 Å². The van der Waals surface area contributed by atoms with Gasteiger partial charge in [0.05, 0.1) is 5.54 Å². The van der Waals surface area contributed by atoms with E-state index in [4.69, 9.17) is 23.2 Å². The van der Waals surface area contributed by atoms with Gasteiger partial charge in [0, 0.05) is 48.8 Å². The van der Waals surface area contributed by atoms with Gasteiger partial charge in [-0.05, 0) is 12.1 Å². The first-order valence-corrected chi connectivity index (χ1v) is 6.94. The van der Waals surface area contributed by atoms with Crippen molar-refractivity contribution in [1.82, 2.24) is 15.1 Å². The number of nitrogens with zero attached hydrogens (tertiary/aromatic N) is 2. The lowest BCUT2D eigenvalue weighted by Crippen LogP contribution is -2.68. The van der Waals surface area contributed by atoms with Crippen LogP contribution in [0.5, 0.6) is 0 Å². The highest BCUT2D eigenvalue weighted by Gasteiger charge is 2.51. The third kappa shape index (κ3) is 2.08. The number of carbonyl (C=O) groups excluding carboxylic acids is 1. The number of nitrogens with one attached hydrogen (secondary N) is 1. The molecule has 19 heavy (non-hydrogen) atoms. The Morgan fingerprint density at radius 2 is 1.95 bits per heavy atom. The molecule has 1 N–H and O–H groups in total. The summed E-state index contributed by atoms with van der Waals surface area (Å²) < 4.78 is 0. The van der Waals surface area contributed by atoms with Crippen molar-refractivity contribution in [3.05, 3.63) is 33.8 Å². The van der Waals surface area contributed by atoms with Gasteiger partial charge in [0.2, 0.25) is 0 Å². The quantitative estimate of drug-likeness (QED) is 0.909. The van der Waals surface area contributed by atoms with E-state index in [-0.39, 0.29) is 11.6 Å². The topological polar surface area (TPSA) is 35.6 Å². The summed E-state index contributed by atoms with van der Waals surface area (Å²) in [7, 11) is 1.85. The molecule has 6 heteroatoms. The minimum atomic E-state index is -0.0508. The van der Waals surface area contributed by atoms with Crippen molar-refractivity contribution in [3.63, 3.8) is 0 Å². The lowest BCUT2D eigenvalue weighted by molar-refractivity contribution is -0.00102. The molecule has 0 aromatic heterocycles.